The Balaban J connectivity index is 1.96. The smallest absolute Gasteiger partial charge is 0.0954 e. The quantitative estimate of drug-likeness (QED) is 0.477. The molecule has 0 aliphatic rings. The normalized spacial score (nSPS) is 12.3. The summed E-state index contributed by atoms with van der Waals surface area (Å²) in [6, 6.07) is 14.0. The first-order valence-electron chi connectivity index (χ1n) is 6.14. The van der Waals surface area contributed by atoms with Crippen LogP contribution >= 0.6 is 61.8 Å². The van der Waals surface area contributed by atoms with Gasteiger partial charge in [-0.3, -0.25) is 0 Å². The first kappa shape index (κ1) is 15.4. The Kier molecular flexibility index (Phi) is 4.92. The second-order valence-corrected chi connectivity index (χ2v) is 8.41. The van der Waals surface area contributed by atoms with Crippen molar-refractivity contribution in [3.05, 3.63) is 71.4 Å². The molecule has 2 aromatic heterocycles. The van der Waals surface area contributed by atoms with Gasteiger partial charge in [0.2, 0.25) is 0 Å². The maximum absolute atomic E-state index is 6.32. The SMILES string of the molecule is Clc1ccc(C(Nc2ccc(Br)cc2Cl)c2cccs2)s1. The molecule has 108 valence electrons. The maximum atomic E-state index is 6.32. The predicted molar refractivity (Wildman–Crippen MR) is 98.3 cm³/mol. The number of rotatable bonds is 4. The fourth-order valence-corrected chi connectivity index (χ4v) is 4.71. The van der Waals surface area contributed by atoms with Crippen molar-refractivity contribution in [1.82, 2.24) is 0 Å². The first-order valence-corrected chi connectivity index (χ1v) is 9.38. The Morgan fingerprint density at radius 1 is 1.05 bits per heavy atom. The van der Waals surface area contributed by atoms with Gasteiger partial charge in [0, 0.05) is 14.2 Å². The summed E-state index contributed by atoms with van der Waals surface area (Å²) in [5.74, 6) is 0. The molecule has 0 spiro atoms. The number of halogens is 3. The van der Waals surface area contributed by atoms with Crippen molar-refractivity contribution in [2.24, 2.45) is 0 Å². The van der Waals surface area contributed by atoms with E-state index in [1.807, 2.05) is 30.3 Å². The highest BCUT2D eigenvalue weighted by Gasteiger charge is 2.18. The Morgan fingerprint density at radius 2 is 1.90 bits per heavy atom. The minimum absolute atomic E-state index is 0.0566. The largest absolute Gasteiger partial charge is 0.372 e. The van der Waals surface area contributed by atoms with Gasteiger partial charge in [-0.15, -0.1) is 22.7 Å². The van der Waals surface area contributed by atoms with Crippen molar-refractivity contribution in [2.75, 3.05) is 5.32 Å². The van der Waals surface area contributed by atoms with Crippen LogP contribution in [0.1, 0.15) is 15.8 Å². The first-order chi connectivity index (χ1) is 10.1. The van der Waals surface area contributed by atoms with E-state index in [1.165, 1.54) is 9.75 Å². The third-order valence-electron chi connectivity index (χ3n) is 2.94. The Hall–Kier alpha value is -0.520. The van der Waals surface area contributed by atoms with E-state index < -0.39 is 0 Å². The number of hydrogen-bond acceptors (Lipinski definition) is 3. The van der Waals surface area contributed by atoms with Gasteiger partial charge in [0.05, 0.1) is 21.1 Å². The van der Waals surface area contributed by atoms with E-state index in [2.05, 4.69) is 38.8 Å². The van der Waals surface area contributed by atoms with E-state index in [4.69, 9.17) is 23.2 Å². The molecule has 0 fully saturated rings. The number of thiophene rings is 2. The predicted octanol–water partition coefficient (Wildman–Crippen LogP) is 7.08. The molecule has 3 rings (SSSR count). The van der Waals surface area contributed by atoms with Crippen LogP contribution in [0.4, 0.5) is 5.69 Å². The summed E-state index contributed by atoms with van der Waals surface area (Å²) in [5.41, 5.74) is 0.905. The van der Waals surface area contributed by atoms with Gasteiger partial charge >= 0.3 is 0 Å². The summed E-state index contributed by atoms with van der Waals surface area (Å²) in [6.07, 6.45) is 0. The van der Waals surface area contributed by atoms with Gasteiger partial charge in [0.1, 0.15) is 0 Å². The molecule has 21 heavy (non-hydrogen) atoms. The number of benzene rings is 1. The van der Waals surface area contributed by atoms with E-state index in [9.17, 15) is 0 Å². The summed E-state index contributed by atoms with van der Waals surface area (Å²) in [4.78, 5) is 2.40. The van der Waals surface area contributed by atoms with Gasteiger partial charge in [-0.25, -0.2) is 0 Å². The molecule has 2 heterocycles. The molecular formula is C15H10BrCl2NS2. The second kappa shape index (κ2) is 6.71. The Labute approximate surface area is 149 Å². The molecule has 1 aromatic carbocycles. The molecule has 3 aromatic rings. The second-order valence-electron chi connectivity index (χ2n) is 4.36. The Morgan fingerprint density at radius 3 is 2.52 bits per heavy atom. The lowest BCUT2D eigenvalue weighted by molar-refractivity contribution is 0.993. The molecule has 0 aliphatic carbocycles. The van der Waals surface area contributed by atoms with Crippen LogP contribution in [0.15, 0.2) is 52.3 Å². The van der Waals surface area contributed by atoms with Crippen LogP contribution in [0, 0.1) is 0 Å². The molecule has 1 unspecified atom stereocenters. The van der Waals surface area contributed by atoms with Crippen LogP contribution in [0.5, 0.6) is 0 Å². The number of hydrogen-bond donors (Lipinski definition) is 1. The van der Waals surface area contributed by atoms with Crippen LogP contribution < -0.4 is 5.32 Å². The van der Waals surface area contributed by atoms with E-state index in [0.29, 0.717) is 5.02 Å². The number of anilines is 1. The molecule has 0 bridgehead atoms. The molecule has 1 atom stereocenters. The summed E-state index contributed by atoms with van der Waals surface area (Å²) < 4.78 is 1.75. The zero-order valence-electron chi connectivity index (χ0n) is 10.6. The lowest BCUT2D eigenvalue weighted by atomic mass is 10.2. The van der Waals surface area contributed by atoms with Gasteiger partial charge in [-0.1, -0.05) is 45.2 Å². The van der Waals surface area contributed by atoms with Crippen LogP contribution in [0.25, 0.3) is 0 Å². The van der Waals surface area contributed by atoms with Crippen LogP contribution in [0.2, 0.25) is 9.36 Å². The standard InChI is InChI=1S/C15H10BrCl2NS2/c16-9-3-4-11(10(17)8-9)19-15(12-2-1-7-20-12)13-5-6-14(18)21-13/h1-8,15,19H. The minimum Gasteiger partial charge on any atom is -0.372 e. The molecule has 0 aliphatic heterocycles. The van der Waals surface area contributed by atoms with Crippen molar-refractivity contribution in [1.29, 1.82) is 0 Å². The van der Waals surface area contributed by atoms with E-state index in [-0.39, 0.29) is 6.04 Å². The lowest BCUT2D eigenvalue weighted by Gasteiger charge is -2.18. The average Bonchev–Trinajstić information content (AvgIpc) is 3.09. The zero-order valence-corrected chi connectivity index (χ0v) is 15.4. The van der Waals surface area contributed by atoms with Crippen molar-refractivity contribution >= 4 is 67.5 Å². The van der Waals surface area contributed by atoms with Crippen LogP contribution in [-0.2, 0) is 0 Å². The van der Waals surface area contributed by atoms with E-state index in [1.54, 1.807) is 22.7 Å². The van der Waals surface area contributed by atoms with Crippen LogP contribution in [0.3, 0.4) is 0 Å². The molecule has 1 nitrogen and oxygen atoms in total. The third-order valence-corrected chi connectivity index (χ3v) is 5.98. The summed E-state index contributed by atoms with van der Waals surface area (Å²) in [5, 5.41) is 6.28. The fraction of sp³-hybridized carbons (Fsp3) is 0.0667. The van der Waals surface area contributed by atoms with Gasteiger partial charge < -0.3 is 5.32 Å². The van der Waals surface area contributed by atoms with Gasteiger partial charge in [-0.05, 0) is 41.8 Å². The third kappa shape index (κ3) is 3.63. The Bertz CT molecular complexity index is 740. The van der Waals surface area contributed by atoms with Gasteiger partial charge in [0.25, 0.3) is 0 Å². The summed E-state index contributed by atoms with van der Waals surface area (Å²) >= 11 is 19.1. The highest BCUT2D eigenvalue weighted by molar-refractivity contribution is 9.10. The molecular weight excluding hydrogens is 409 g/mol. The summed E-state index contributed by atoms with van der Waals surface area (Å²) in [6.45, 7) is 0. The summed E-state index contributed by atoms with van der Waals surface area (Å²) in [7, 11) is 0. The lowest BCUT2D eigenvalue weighted by Crippen LogP contribution is -2.09. The maximum Gasteiger partial charge on any atom is 0.0954 e. The molecule has 1 N–H and O–H groups in total. The van der Waals surface area contributed by atoms with Crippen LogP contribution in [-0.4, -0.2) is 0 Å². The molecule has 0 radical (unpaired) electrons. The van der Waals surface area contributed by atoms with Gasteiger partial charge in [0.15, 0.2) is 0 Å². The van der Waals surface area contributed by atoms with E-state index >= 15 is 0 Å². The highest BCUT2D eigenvalue weighted by atomic mass is 79.9. The fourth-order valence-electron chi connectivity index (χ4n) is 1.98. The number of nitrogens with one attached hydrogen (secondary N) is 1. The van der Waals surface area contributed by atoms with Gasteiger partial charge in [-0.2, -0.15) is 0 Å². The zero-order chi connectivity index (χ0) is 14.8. The highest BCUT2D eigenvalue weighted by Crippen LogP contribution is 2.37. The van der Waals surface area contributed by atoms with Crippen molar-refractivity contribution in [2.45, 2.75) is 6.04 Å². The molecule has 0 saturated heterocycles. The molecule has 6 heteroatoms. The topological polar surface area (TPSA) is 12.0 Å². The van der Waals surface area contributed by atoms with Crippen molar-refractivity contribution in [3.63, 3.8) is 0 Å². The molecule has 0 saturated carbocycles. The van der Waals surface area contributed by atoms with Crippen molar-refractivity contribution < 1.29 is 0 Å². The van der Waals surface area contributed by atoms with E-state index in [0.717, 1.165) is 14.5 Å². The molecule has 0 amide bonds. The minimum atomic E-state index is 0.0566. The average molecular weight is 419 g/mol. The van der Waals surface area contributed by atoms with Crippen molar-refractivity contribution in [3.8, 4) is 0 Å². The monoisotopic (exact) mass is 417 g/mol.